The summed E-state index contributed by atoms with van der Waals surface area (Å²) in [5.74, 6) is 1.26. The Bertz CT molecular complexity index is 367. The summed E-state index contributed by atoms with van der Waals surface area (Å²) in [7, 11) is 0. The number of nitrogens with one attached hydrogen (secondary N) is 1. The maximum Gasteiger partial charge on any atom is 0.222 e. The first-order valence-electron chi connectivity index (χ1n) is 9.14. The molecule has 0 radical (unpaired) electrons. The fourth-order valence-electron chi connectivity index (χ4n) is 3.60. The van der Waals surface area contributed by atoms with Crippen molar-refractivity contribution in [3.63, 3.8) is 0 Å². The Balaban J connectivity index is 1.65. The molecular formula is C18H32N2O2. The molecule has 22 heavy (non-hydrogen) atoms. The van der Waals surface area contributed by atoms with Gasteiger partial charge in [0.05, 0.1) is 0 Å². The molecule has 2 aliphatic rings. The number of amides is 2. The Hall–Kier alpha value is -1.06. The lowest BCUT2D eigenvalue weighted by Crippen LogP contribution is -2.47. The molecule has 2 rings (SSSR count). The van der Waals surface area contributed by atoms with Crippen LogP contribution in [-0.2, 0) is 9.59 Å². The number of hydrogen-bond donors (Lipinski definition) is 1. The molecule has 2 fully saturated rings. The highest BCUT2D eigenvalue weighted by atomic mass is 16.2. The Morgan fingerprint density at radius 2 is 1.68 bits per heavy atom. The van der Waals surface area contributed by atoms with Crippen LogP contribution in [-0.4, -0.2) is 35.8 Å². The molecule has 4 nitrogen and oxygen atoms in total. The lowest BCUT2D eigenvalue weighted by atomic mass is 9.86. The minimum Gasteiger partial charge on any atom is -0.353 e. The predicted octanol–water partition coefficient (Wildman–Crippen LogP) is 3.11. The van der Waals surface area contributed by atoms with Gasteiger partial charge in [-0.2, -0.15) is 0 Å². The standard InChI is InChI=1S/C18H32N2O2/c1-14(2)18(22)19-16-10-12-20(13-11-16)17(21)9-8-15-6-4-3-5-7-15/h14-16H,3-13H2,1-2H3,(H,19,22). The second kappa shape index (κ2) is 8.54. The molecule has 1 N–H and O–H groups in total. The van der Waals surface area contributed by atoms with Gasteiger partial charge in [-0.1, -0.05) is 46.0 Å². The molecule has 0 aromatic heterocycles. The molecule has 1 saturated carbocycles. The molecule has 1 aliphatic heterocycles. The summed E-state index contributed by atoms with van der Waals surface area (Å²) >= 11 is 0. The largest absolute Gasteiger partial charge is 0.353 e. The Labute approximate surface area is 135 Å². The van der Waals surface area contributed by atoms with E-state index in [2.05, 4.69) is 5.32 Å². The summed E-state index contributed by atoms with van der Waals surface area (Å²) in [5.41, 5.74) is 0. The van der Waals surface area contributed by atoms with Gasteiger partial charge in [0.25, 0.3) is 0 Å². The van der Waals surface area contributed by atoms with E-state index in [9.17, 15) is 9.59 Å². The maximum atomic E-state index is 12.3. The Kier molecular flexibility index (Phi) is 6.71. The van der Waals surface area contributed by atoms with E-state index in [0.29, 0.717) is 12.3 Å². The van der Waals surface area contributed by atoms with Gasteiger partial charge in [-0.3, -0.25) is 9.59 Å². The molecular weight excluding hydrogens is 276 g/mol. The highest BCUT2D eigenvalue weighted by Crippen LogP contribution is 2.27. The Morgan fingerprint density at radius 3 is 2.27 bits per heavy atom. The number of piperidine rings is 1. The van der Waals surface area contributed by atoms with Gasteiger partial charge in [-0.25, -0.2) is 0 Å². The van der Waals surface area contributed by atoms with Gasteiger partial charge >= 0.3 is 0 Å². The first-order valence-corrected chi connectivity index (χ1v) is 9.14. The van der Waals surface area contributed by atoms with Crippen molar-refractivity contribution in [2.24, 2.45) is 11.8 Å². The number of nitrogens with zero attached hydrogens (tertiary/aromatic N) is 1. The molecule has 0 atom stereocenters. The third-order valence-electron chi connectivity index (χ3n) is 5.21. The summed E-state index contributed by atoms with van der Waals surface area (Å²) in [6, 6.07) is 0.247. The highest BCUT2D eigenvalue weighted by molar-refractivity contribution is 5.78. The number of carbonyl (C=O) groups is 2. The molecule has 1 heterocycles. The van der Waals surface area contributed by atoms with Crippen LogP contribution in [0.25, 0.3) is 0 Å². The first-order chi connectivity index (χ1) is 10.6. The summed E-state index contributed by atoms with van der Waals surface area (Å²) in [5, 5.41) is 3.08. The Morgan fingerprint density at radius 1 is 1.05 bits per heavy atom. The third kappa shape index (κ3) is 5.29. The van der Waals surface area contributed by atoms with Gasteiger partial charge in [-0.05, 0) is 25.2 Å². The fourth-order valence-corrected chi connectivity index (χ4v) is 3.60. The van der Waals surface area contributed by atoms with Crippen LogP contribution in [0, 0.1) is 11.8 Å². The van der Waals surface area contributed by atoms with Crippen LogP contribution in [0.15, 0.2) is 0 Å². The van der Waals surface area contributed by atoms with Crippen molar-refractivity contribution < 1.29 is 9.59 Å². The van der Waals surface area contributed by atoms with Crippen LogP contribution in [0.1, 0.15) is 71.6 Å². The van der Waals surface area contributed by atoms with Gasteiger partial charge in [0.1, 0.15) is 0 Å². The number of rotatable bonds is 5. The van der Waals surface area contributed by atoms with Gasteiger partial charge in [0.15, 0.2) is 0 Å². The third-order valence-corrected chi connectivity index (χ3v) is 5.21. The van der Waals surface area contributed by atoms with Crippen LogP contribution < -0.4 is 5.32 Å². The number of likely N-dealkylation sites (tertiary alicyclic amines) is 1. The van der Waals surface area contributed by atoms with E-state index in [4.69, 9.17) is 0 Å². The van der Waals surface area contributed by atoms with Gasteiger partial charge < -0.3 is 10.2 Å². The van der Waals surface area contributed by atoms with E-state index in [-0.39, 0.29) is 17.9 Å². The molecule has 0 aromatic rings. The smallest absolute Gasteiger partial charge is 0.222 e. The molecule has 0 bridgehead atoms. The summed E-state index contributed by atoms with van der Waals surface area (Å²) in [4.78, 5) is 26.0. The molecule has 126 valence electrons. The second-order valence-corrected chi connectivity index (χ2v) is 7.36. The van der Waals surface area contributed by atoms with E-state index in [1.165, 1.54) is 32.1 Å². The average Bonchev–Trinajstić information content (AvgIpc) is 2.54. The molecule has 2 amide bonds. The maximum absolute atomic E-state index is 12.3. The van der Waals surface area contributed by atoms with Gasteiger partial charge in [0, 0.05) is 31.5 Å². The van der Waals surface area contributed by atoms with E-state index in [1.54, 1.807) is 0 Å². The van der Waals surface area contributed by atoms with Crippen molar-refractivity contribution >= 4 is 11.8 Å². The van der Waals surface area contributed by atoms with Gasteiger partial charge in [0.2, 0.25) is 11.8 Å². The zero-order chi connectivity index (χ0) is 15.9. The topological polar surface area (TPSA) is 49.4 Å². The van der Waals surface area contributed by atoms with E-state index in [0.717, 1.165) is 38.3 Å². The van der Waals surface area contributed by atoms with E-state index < -0.39 is 0 Å². The van der Waals surface area contributed by atoms with Crippen molar-refractivity contribution in [2.75, 3.05) is 13.1 Å². The first kappa shape index (κ1) is 17.3. The quantitative estimate of drug-likeness (QED) is 0.848. The fraction of sp³-hybridized carbons (Fsp3) is 0.889. The minimum atomic E-state index is 0.0372. The van der Waals surface area contributed by atoms with Crippen LogP contribution in [0.5, 0.6) is 0 Å². The SMILES string of the molecule is CC(C)C(=O)NC1CCN(C(=O)CCC2CCCCC2)CC1. The van der Waals surface area contributed by atoms with Crippen LogP contribution >= 0.6 is 0 Å². The lowest BCUT2D eigenvalue weighted by Gasteiger charge is -2.33. The number of hydrogen-bond acceptors (Lipinski definition) is 2. The number of carbonyl (C=O) groups excluding carboxylic acids is 2. The van der Waals surface area contributed by atoms with Crippen molar-refractivity contribution in [3.8, 4) is 0 Å². The minimum absolute atomic E-state index is 0.0372. The van der Waals surface area contributed by atoms with Crippen molar-refractivity contribution in [2.45, 2.75) is 77.7 Å². The van der Waals surface area contributed by atoms with Crippen LogP contribution in [0.4, 0.5) is 0 Å². The molecule has 4 heteroatoms. The normalized spacial score (nSPS) is 21.1. The van der Waals surface area contributed by atoms with E-state index in [1.807, 2.05) is 18.7 Å². The predicted molar refractivity (Wildman–Crippen MR) is 88.4 cm³/mol. The molecule has 0 unspecified atom stereocenters. The van der Waals surface area contributed by atoms with E-state index >= 15 is 0 Å². The summed E-state index contributed by atoms with van der Waals surface area (Å²) in [6.07, 6.45) is 10.3. The molecule has 1 saturated heterocycles. The molecule has 0 spiro atoms. The van der Waals surface area contributed by atoms with Crippen LogP contribution in [0.2, 0.25) is 0 Å². The second-order valence-electron chi connectivity index (χ2n) is 7.36. The van der Waals surface area contributed by atoms with Crippen molar-refractivity contribution in [1.29, 1.82) is 0 Å². The zero-order valence-corrected chi connectivity index (χ0v) is 14.3. The average molecular weight is 308 g/mol. The van der Waals surface area contributed by atoms with Gasteiger partial charge in [-0.15, -0.1) is 0 Å². The summed E-state index contributed by atoms with van der Waals surface area (Å²) < 4.78 is 0. The monoisotopic (exact) mass is 308 g/mol. The lowest BCUT2D eigenvalue weighted by molar-refractivity contribution is -0.132. The van der Waals surface area contributed by atoms with Crippen molar-refractivity contribution in [1.82, 2.24) is 10.2 Å². The molecule has 1 aliphatic carbocycles. The molecule has 0 aromatic carbocycles. The van der Waals surface area contributed by atoms with Crippen molar-refractivity contribution in [3.05, 3.63) is 0 Å². The van der Waals surface area contributed by atoms with Crippen LogP contribution in [0.3, 0.4) is 0 Å². The highest BCUT2D eigenvalue weighted by Gasteiger charge is 2.25. The summed E-state index contributed by atoms with van der Waals surface area (Å²) in [6.45, 7) is 5.43. The zero-order valence-electron chi connectivity index (χ0n) is 14.3.